The summed E-state index contributed by atoms with van der Waals surface area (Å²) < 4.78 is 11.0. The van der Waals surface area contributed by atoms with E-state index in [0.29, 0.717) is 19.0 Å². The lowest BCUT2D eigenvalue weighted by atomic mass is 9.96. The Labute approximate surface area is 158 Å². The summed E-state index contributed by atoms with van der Waals surface area (Å²) in [7, 11) is 0. The largest absolute Gasteiger partial charge is 0.465 e. The van der Waals surface area contributed by atoms with E-state index in [2.05, 4.69) is 32.9 Å². The van der Waals surface area contributed by atoms with Crippen molar-refractivity contribution in [2.24, 2.45) is 0 Å². The monoisotopic (exact) mass is 372 g/mol. The van der Waals surface area contributed by atoms with Crippen molar-refractivity contribution in [3.63, 3.8) is 0 Å². The second kappa shape index (κ2) is 7.76. The Morgan fingerprint density at radius 2 is 2.00 bits per heavy atom. The minimum Gasteiger partial charge on any atom is -0.465 e. The van der Waals surface area contributed by atoms with E-state index >= 15 is 0 Å². The fourth-order valence-corrected chi connectivity index (χ4v) is 3.64. The quantitative estimate of drug-likeness (QED) is 0.450. The number of carbonyl (C=O) groups is 1. The number of nitrogens with zero attached hydrogens (tertiary/aromatic N) is 2. The van der Waals surface area contributed by atoms with Crippen molar-refractivity contribution in [1.29, 1.82) is 0 Å². The lowest BCUT2D eigenvalue weighted by Crippen LogP contribution is -2.33. The molecule has 0 amide bonds. The predicted octanol–water partition coefficient (Wildman–Crippen LogP) is 3.96. The lowest BCUT2D eigenvalue weighted by molar-refractivity contribution is -0.139. The van der Waals surface area contributed by atoms with Gasteiger partial charge in [0.05, 0.1) is 30.3 Å². The summed E-state index contributed by atoms with van der Waals surface area (Å²) in [6, 6.07) is 8.16. The molecule has 0 saturated heterocycles. The number of rotatable bonds is 5. The van der Waals surface area contributed by atoms with Crippen LogP contribution in [-0.2, 0) is 27.3 Å². The highest BCUT2D eigenvalue weighted by atomic mass is 32.2. The van der Waals surface area contributed by atoms with Gasteiger partial charge in [0, 0.05) is 17.5 Å². The Morgan fingerprint density at radius 3 is 2.69 bits per heavy atom. The molecule has 0 N–H and O–H groups in total. The molecule has 138 valence electrons. The smallest absolute Gasteiger partial charge is 0.316 e. The first-order valence-corrected chi connectivity index (χ1v) is 9.76. The number of ether oxygens (including phenoxy) is 2. The van der Waals surface area contributed by atoms with Gasteiger partial charge in [-0.25, -0.2) is 9.97 Å². The molecule has 0 unspecified atom stereocenters. The molecule has 5 nitrogen and oxygen atoms in total. The van der Waals surface area contributed by atoms with Gasteiger partial charge in [0.15, 0.2) is 5.82 Å². The van der Waals surface area contributed by atoms with Gasteiger partial charge in [0.1, 0.15) is 5.03 Å². The van der Waals surface area contributed by atoms with Crippen LogP contribution in [0.5, 0.6) is 0 Å². The third kappa shape index (κ3) is 4.43. The number of fused-ring (bicyclic) bond motifs is 1. The van der Waals surface area contributed by atoms with E-state index in [1.54, 1.807) is 6.92 Å². The van der Waals surface area contributed by atoms with Crippen molar-refractivity contribution >= 4 is 17.7 Å². The first-order chi connectivity index (χ1) is 12.4. The van der Waals surface area contributed by atoms with Crippen LogP contribution in [0.1, 0.15) is 37.6 Å². The molecule has 0 bridgehead atoms. The number of hydrogen-bond acceptors (Lipinski definition) is 6. The van der Waals surface area contributed by atoms with Gasteiger partial charge in [-0.3, -0.25) is 4.79 Å². The normalized spacial score (nSPS) is 15.4. The van der Waals surface area contributed by atoms with Crippen LogP contribution in [0.3, 0.4) is 0 Å². The van der Waals surface area contributed by atoms with Crippen LogP contribution < -0.4 is 0 Å². The zero-order chi connectivity index (χ0) is 18.7. The number of thioether (sulfide) groups is 1. The number of benzene rings is 1. The first kappa shape index (κ1) is 18.9. The van der Waals surface area contributed by atoms with Gasteiger partial charge in [0.2, 0.25) is 0 Å². The van der Waals surface area contributed by atoms with Gasteiger partial charge >= 0.3 is 5.97 Å². The summed E-state index contributed by atoms with van der Waals surface area (Å²) in [5.74, 6) is 0.681. The zero-order valence-electron chi connectivity index (χ0n) is 15.7. The second-order valence-electron chi connectivity index (χ2n) is 6.96. The summed E-state index contributed by atoms with van der Waals surface area (Å²) in [5.41, 5.74) is 3.89. The predicted molar refractivity (Wildman–Crippen MR) is 102 cm³/mol. The summed E-state index contributed by atoms with van der Waals surface area (Å²) in [6.07, 6.45) is 0.719. The Hall–Kier alpha value is -1.92. The van der Waals surface area contributed by atoms with E-state index in [1.165, 1.54) is 17.3 Å². The van der Waals surface area contributed by atoms with Gasteiger partial charge in [-0.2, -0.15) is 0 Å². The molecule has 1 aliphatic rings. The van der Waals surface area contributed by atoms with Crippen LogP contribution in [0.2, 0.25) is 0 Å². The SMILES string of the molecule is CCOC(=O)CSc1nc(-c2ccc(C)cc2)nc2c1COC(C)(C)C2. The van der Waals surface area contributed by atoms with Crippen molar-refractivity contribution in [3.8, 4) is 11.4 Å². The maximum Gasteiger partial charge on any atom is 0.316 e. The minimum atomic E-state index is -0.255. The van der Waals surface area contributed by atoms with E-state index in [-0.39, 0.29) is 17.3 Å². The molecule has 1 aromatic carbocycles. The second-order valence-corrected chi connectivity index (χ2v) is 7.93. The summed E-state index contributed by atoms with van der Waals surface area (Å²) in [4.78, 5) is 21.3. The molecule has 0 fully saturated rings. The van der Waals surface area contributed by atoms with E-state index in [4.69, 9.17) is 19.4 Å². The molecule has 26 heavy (non-hydrogen) atoms. The molecule has 2 heterocycles. The molecular formula is C20H24N2O3S. The van der Waals surface area contributed by atoms with E-state index in [9.17, 15) is 4.79 Å². The molecule has 0 saturated carbocycles. The number of carbonyl (C=O) groups excluding carboxylic acids is 1. The van der Waals surface area contributed by atoms with Crippen LogP contribution in [0, 0.1) is 6.92 Å². The molecule has 0 radical (unpaired) electrons. The number of aromatic nitrogens is 2. The average Bonchev–Trinajstić information content (AvgIpc) is 2.59. The molecule has 2 aromatic rings. The molecule has 0 aliphatic carbocycles. The highest BCUT2D eigenvalue weighted by molar-refractivity contribution is 7.99. The van der Waals surface area contributed by atoms with Crippen LogP contribution in [-0.4, -0.2) is 33.9 Å². The van der Waals surface area contributed by atoms with Crippen molar-refractivity contribution < 1.29 is 14.3 Å². The molecule has 6 heteroatoms. The van der Waals surface area contributed by atoms with E-state index in [0.717, 1.165) is 28.3 Å². The third-order valence-electron chi connectivity index (χ3n) is 4.20. The summed E-state index contributed by atoms with van der Waals surface area (Å²) >= 11 is 1.39. The van der Waals surface area contributed by atoms with Gasteiger partial charge < -0.3 is 9.47 Å². The zero-order valence-corrected chi connectivity index (χ0v) is 16.5. The molecule has 3 rings (SSSR count). The van der Waals surface area contributed by atoms with Gasteiger partial charge in [-0.1, -0.05) is 41.6 Å². The van der Waals surface area contributed by atoms with Gasteiger partial charge in [-0.05, 0) is 27.7 Å². The maximum atomic E-state index is 11.8. The number of esters is 1. The molecule has 1 aromatic heterocycles. The van der Waals surface area contributed by atoms with Crippen LogP contribution >= 0.6 is 11.8 Å². The molecular weight excluding hydrogens is 348 g/mol. The molecule has 1 aliphatic heterocycles. The Bertz CT molecular complexity index is 803. The Kier molecular flexibility index (Phi) is 5.63. The Morgan fingerprint density at radius 1 is 1.27 bits per heavy atom. The summed E-state index contributed by atoms with van der Waals surface area (Å²) in [6.45, 7) is 8.83. The van der Waals surface area contributed by atoms with Gasteiger partial charge in [0.25, 0.3) is 0 Å². The maximum absolute atomic E-state index is 11.8. The first-order valence-electron chi connectivity index (χ1n) is 8.77. The highest BCUT2D eigenvalue weighted by Gasteiger charge is 2.30. The fourth-order valence-electron chi connectivity index (χ4n) is 2.80. The highest BCUT2D eigenvalue weighted by Crippen LogP contribution is 2.34. The average molecular weight is 372 g/mol. The topological polar surface area (TPSA) is 61.3 Å². The molecule has 0 spiro atoms. The summed E-state index contributed by atoms with van der Waals surface area (Å²) in [5, 5.41) is 0.800. The van der Waals surface area contributed by atoms with Crippen molar-refractivity contribution in [2.45, 2.75) is 51.3 Å². The van der Waals surface area contributed by atoms with Crippen molar-refractivity contribution in [3.05, 3.63) is 41.1 Å². The van der Waals surface area contributed by atoms with Crippen molar-refractivity contribution in [1.82, 2.24) is 9.97 Å². The lowest BCUT2D eigenvalue weighted by Gasteiger charge is -2.32. The van der Waals surface area contributed by atoms with E-state index < -0.39 is 0 Å². The fraction of sp³-hybridized carbons (Fsp3) is 0.450. The minimum absolute atomic E-state index is 0.230. The van der Waals surface area contributed by atoms with Crippen LogP contribution in [0.15, 0.2) is 29.3 Å². The van der Waals surface area contributed by atoms with Crippen LogP contribution in [0.4, 0.5) is 0 Å². The third-order valence-corrected chi connectivity index (χ3v) is 5.19. The standard InChI is InChI=1S/C20H24N2O3S/c1-5-24-17(23)12-26-19-15-11-25-20(3,4)10-16(15)21-18(22-19)14-8-6-13(2)7-9-14/h6-9H,5,10-12H2,1-4H3. The number of hydrogen-bond donors (Lipinski definition) is 0. The molecule has 0 atom stereocenters. The van der Waals surface area contributed by atoms with E-state index in [1.807, 2.05) is 12.1 Å². The van der Waals surface area contributed by atoms with Crippen LogP contribution in [0.25, 0.3) is 11.4 Å². The number of aryl methyl sites for hydroxylation is 1. The van der Waals surface area contributed by atoms with Crippen molar-refractivity contribution in [2.75, 3.05) is 12.4 Å². The van der Waals surface area contributed by atoms with Gasteiger partial charge in [-0.15, -0.1) is 0 Å². The Balaban J connectivity index is 1.97.